The summed E-state index contributed by atoms with van der Waals surface area (Å²) in [6, 6.07) is -1.72. The summed E-state index contributed by atoms with van der Waals surface area (Å²) in [4.78, 5) is 0. The molecule has 0 radical (unpaired) electrons. The van der Waals surface area contributed by atoms with Gasteiger partial charge in [-0.2, -0.15) is 0 Å². The van der Waals surface area contributed by atoms with Gasteiger partial charge in [-0.05, 0) is 5.92 Å². The summed E-state index contributed by atoms with van der Waals surface area (Å²) in [6.07, 6.45) is -2.49. The second-order valence-electron chi connectivity index (χ2n) is 2.37. The topological polar surface area (TPSA) is 23.5 Å². The molecule has 0 saturated carbocycles. The molecular formula is C5H10F3NO. The Morgan fingerprint density at radius 1 is 1.30 bits per heavy atom. The summed E-state index contributed by atoms with van der Waals surface area (Å²) >= 11 is 0. The Labute approximate surface area is 57.1 Å². The monoisotopic (exact) mass is 157 g/mol. The summed E-state index contributed by atoms with van der Waals surface area (Å²) in [7, 11) is 0. The number of halogens is 3. The third-order valence-electron chi connectivity index (χ3n) is 1.19. The second kappa shape index (κ2) is 3.78. The van der Waals surface area contributed by atoms with Crippen molar-refractivity contribution in [2.24, 2.45) is 5.92 Å². The summed E-state index contributed by atoms with van der Waals surface area (Å²) in [5, 5.41) is 6.85. The van der Waals surface area contributed by atoms with Gasteiger partial charge in [0.1, 0.15) is 6.04 Å². The van der Waals surface area contributed by atoms with Gasteiger partial charge in [0.25, 0.3) is 0 Å². The van der Waals surface area contributed by atoms with Gasteiger partial charge in [-0.15, -0.1) is 8.96 Å². The summed E-state index contributed by atoms with van der Waals surface area (Å²) in [6.45, 7) is 2.80. The average molecular weight is 157 g/mol. The fraction of sp³-hybridized carbons (Fsp3) is 1.00. The van der Waals surface area contributed by atoms with Crippen molar-refractivity contribution < 1.29 is 18.5 Å². The SMILES string of the molecule is CC(C)C(C(O)F)N(F)F. The molecule has 62 valence electrons. The lowest BCUT2D eigenvalue weighted by Crippen LogP contribution is -2.36. The zero-order valence-electron chi connectivity index (χ0n) is 5.76. The van der Waals surface area contributed by atoms with Crippen LogP contribution in [0.25, 0.3) is 0 Å². The lowest BCUT2D eigenvalue weighted by atomic mass is 10.1. The van der Waals surface area contributed by atoms with Crippen LogP contribution >= 0.6 is 0 Å². The van der Waals surface area contributed by atoms with Crippen LogP contribution in [0.5, 0.6) is 0 Å². The molecule has 0 aromatic heterocycles. The molecule has 0 aromatic rings. The van der Waals surface area contributed by atoms with Crippen molar-refractivity contribution in [2.45, 2.75) is 26.2 Å². The highest BCUT2D eigenvalue weighted by Crippen LogP contribution is 2.16. The van der Waals surface area contributed by atoms with Gasteiger partial charge < -0.3 is 5.11 Å². The molecule has 0 bridgehead atoms. The van der Waals surface area contributed by atoms with Crippen LogP contribution in [0.3, 0.4) is 0 Å². The normalized spacial score (nSPS) is 18.0. The van der Waals surface area contributed by atoms with Crippen LogP contribution in [0.15, 0.2) is 0 Å². The minimum atomic E-state index is -2.49. The smallest absolute Gasteiger partial charge is 0.217 e. The minimum Gasteiger partial charge on any atom is -0.363 e. The number of alkyl halides is 1. The van der Waals surface area contributed by atoms with Gasteiger partial charge in [-0.1, -0.05) is 13.8 Å². The van der Waals surface area contributed by atoms with E-state index in [9.17, 15) is 13.4 Å². The van der Waals surface area contributed by atoms with Crippen molar-refractivity contribution in [3.05, 3.63) is 0 Å². The number of hydrogen-bond donors (Lipinski definition) is 1. The molecule has 0 aromatic carbocycles. The van der Waals surface area contributed by atoms with Crippen molar-refractivity contribution in [1.82, 2.24) is 5.34 Å². The highest BCUT2D eigenvalue weighted by Gasteiger charge is 2.29. The summed E-state index contributed by atoms with van der Waals surface area (Å²) in [5.41, 5.74) is 0. The predicted molar refractivity (Wildman–Crippen MR) is 29.8 cm³/mol. The molecule has 0 rings (SSSR count). The van der Waals surface area contributed by atoms with E-state index >= 15 is 0 Å². The van der Waals surface area contributed by atoms with Crippen molar-refractivity contribution in [3.63, 3.8) is 0 Å². The number of hydrogen-bond acceptors (Lipinski definition) is 2. The number of aliphatic hydroxyl groups is 1. The van der Waals surface area contributed by atoms with Crippen LogP contribution in [0.4, 0.5) is 13.4 Å². The second-order valence-corrected chi connectivity index (χ2v) is 2.37. The van der Waals surface area contributed by atoms with Crippen LogP contribution in [-0.2, 0) is 0 Å². The molecule has 0 aliphatic heterocycles. The maximum absolute atomic E-state index is 11.9. The van der Waals surface area contributed by atoms with Crippen molar-refractivity contribution >= 4 is 0 Å². The first-order valence-corrected chi connectivity index (χ1v) is 2.89. The molecule has 1 N–H and O–H groups in total. The van der Waals surface area contributed by atoms with E-state index in [1.54, 1.807) is 0 Å². The third-order valence-corrected chi connectivity index (χ3v) is 1.19. The van der Waals surface area contributed by atoms with Crippen LogP contribution in [-0.4, -0.2) is 22.9 Å². The average Bonchev–Trinajstić information content (AvgIpc) is 1.59. The fourth-order valence-electron chi connectivity index (χ4n) is 0.636. The lowest BCUT2D eigenvalue weighted by Gasteiger charge is -2.19. The molecule has 0 aliphatic carbocycles. The van der Waals surface area contributed by atoms with E-state index in [2.05, 4.69) is 0 Å². The van der Waals surface area contributed by atoms with Crippen LogP contribution < -0.4 is 0 Å². The zero-order chi connectivity index (χ0) is 8.31. The van der Waals surface area contributed by atoms with Gasteiger partial charge in [0.2, 0.25) is 6.36 Å². The molecule has 0 saturated heterocycles. The zero-order valence-corrected chi connectivity index (χ0v) is 5.76. The first-order chi connectivity index (χ1) is 4.46. The fourth-order valence-corrected chi connectivity index (χ4v) is 0.636. The Balaban J connectivity index is 3.98. The highest BCUT2D eigenvalue weighted by atomic mass is 19.4. The van der Waals surface area contributed by atoms with Crippen molar-refractivity contribution in [3.8, 4) is 0 Å². The van der Waals surface area contributed by atoms with Crippen molar-refractivity contribution in [1.29, 1.82) is 0 Å². The van der Waals surface area contributed by atoms with Gasteiger partial charge in [-0.3, -0.25) is 0 Å². The Hall–Kier alpha value is -0.290. The van der Waals surface area contributed by atoms with E-state index < -0.39 is 23.7 Å². The first-order valence-electron chi connectivity index (χ1n) is 2.89. The van der Waals surface area contributed by atoms with Gasteiger partial charge in [-0.25, -0.2) is 4.39 Å². The lowest BCUT2D eigenvalue weighted by molar-refractivity contribution is -0.238. The Bertz CT molecular complexity index is 77.9. The highest BCUT2D eigenvalue weighted by molar-refractivity contribution is 4.67. The molecule has 5 heteroatoms. The third kappa shape index (κ3) is 2.53. The first kappa shape index (κ1) is 9.71. The quantitative estimate of drug-likeness (QED) is 0.625. The standard InChI is InChI=1S/C5H10F3NO/c1-3(2)4(5(6)10)9(7)8/h3-5,10H,1-2H3. The molecule has 10 heavy (non-hydrogen) atoms. The van der Waals surface area contributed by atoms with Gasteiger partial charge in [0.05, 0.1) is 0 Å². The van der Waals surface area contributed by atoms with E-state index in [0.29, 0.717) is 0 Å². The maximum Gasteiger partial charge on any atom is 0.217 e. The van der Waals surface area contributed by atoms with E-state index in [0.717, 1.165) is 0 Å². The molecule has 0 fully saturated rings. The Kier molecular flexibility index (Phi) is 3.67. The number of aliphatic hydroxyl groups excluding tert-OH is 1. The van der Waals surface area contributed by atoms with Gasteiger partial charge in [0.15, 0.2) is 0 Å². The Morgan fingerprint density at radius 3 is 1.70 bits per heavy atom. The van der Waals surface area contributed by atoms with E-state index in [-0.39, 0.29) is 0 Å². The summed E-state index contributed by atoms with van der Waals surface area (Å²) < 4.78 is 35.2. The molecule has 0 spiro atoms. The largest absolute Gasteiger partial charge is 0.363 e. The van der Waals surface area contributed by atoms with Crippen molar-refractivity contribution in [2.75, 3.05) is 0 Å². The van der Waals surface area contributed by atoms with E-state index in [1.165, 1.54) is 13.8 Å². The molecular weight excluding hydrogens is 147 g/mol. The van der Waals surface area contributed by atoms with Gasteiger partial charge >= 0.3 is 0 Å². The van der Waals surface area contributed by atoms with Crippen LogP contribution in [0.2, 0.25) is 0 Å². The molecule has 2 nitrogen and oxygen atoms in total. The van der Waals surface area contributed by atoms with Gasteiger partial charge in [0, 0.05) is 5.34 Å². The maximum atomic E-state index is 11.9. The number of nitrogens with zero attached hydrogens (tertiary/aromatic N) is 1. The molecule has 2 unspecified atom stereocenters. The molecule has 0 amide bonds. The predicted octanol–water partition coefficient (Wildman–Crippen LogP) is 1.37. The Morgan fingerprint density at radius 2 is 1.70 bits per heavy atom. The van der Waals surface area contributed by atoms with E-state index in [1.807, 2.05) is 0 Å². The number of rotatable bonds is 3. The van der Waals surface area contributed by atoms with Crippen LogP contribution in [0, 0.1) is 5.92 Å². The minimum absolute atomic E-state index is 0.616. The van der Waals surface area contributed by atoms with Crippen LogP contribution in [0.1, 0.15) is 13.8 Å². The molecule has 2 atom stereocenters. The van der Waals surface area contributed by atoms with E-state index in [4.69, 9.17) is 5.11 Å². The molecule has 0 aliphatic rings. The summed E-state index contributed by atoms with van der Waals surface area (Å²) in [5.74, 6) is -0.616. The molecule has 0 heterocycles.